The van der Waals surface area contributed by atoms with E-state index in [9.17, 15) is 19.2 Å². The molecule has 0 unspecified atom stereocenters. The molecule has 1 aromatic heterocycles. The van der Waals surface area contributed by atoms with Gasteiger partial charge in [0, 0.05) is 18.3 Å². The molecule has 11 heteroatoms. The Balaban J connectivity index is 1.78. The molecule has 2 aromatic rings. The quantitative estimate of drug-likeness (QED) is 0.277. The number of imide groups is 1. The van der Waals surface area contributed by atoms with Crippen LogP contribution in [-0.2, 0) is 11.2 Å². The molecular formula is C18H12Cl4N2O4S. The average molecular weight is 494 g/mol. The topological polar surface area (TPSA) is 83.6 Å². The molecule has 1 aliphatic heterocycles. The average Bonchev–Trinajstić information content (AvgIpc) is 3.23. The molecule has 0 spiro atoms. The van der Waals surface area contributed by atoms with E-state index in [1.807, 2.05) is 0 Å². The number of hydrogen-bond acceptors (Lipinski definition) is 5. The van der Waals surface area contributed by atoms with Crippen LogP contribution in [0.4, 0.5) is 0 Å². The van der Waals surface area contributed by atoms with Crippen molar-refractivity contribution in [3.05, 3.63) is 53.1 Å². The van der Waals surface area contributed by atoms with Crippen LogP contribution in [0, 0.1) is 0 Å². The van der Waals surface area contributed by atoms with E-state index < -0.39 is 24.1 Å². The molecule has 0 atom stereocenters. The molecule has 152 valence electrons. The Labute approximate surface area is 189 Å². The summed E-state index contributed by atoms with van der Waals surface area (Å²) in [4.78, 5) is 51.0. The van der Waals surface area contributed by atoms with Gasteiger partial charge in [-0.1, -0.05) is 46.4 Å². The van der Waals surface area contributed by atoms with Crippen molar-refractivity contribution in [2.24, 2.45) is 0 Å². The molecule has 0 radical (unpaired) electrons. The summed E-state index contributed by atoms with van der Waals surface area (Å²) in [5.74, 6) is -2.07. The van der Waals surface area contributed by atoms with Crippen LogP contribution in [0.25, 0.3) is 0 Å². The predicted molar refractivity (Wildman–Crippen MR) is 113 cm³/mol. The van der Waals surface area contributed by atoms with E-state index >= 15 is 0 Å². The Morgan fingerprint density at radius 2 is 1.52 bits per heavy atom. The lowest BCUT2D eigenvalue weighted by molar-refractivity contribution is -0.118. The number of carbonyl (C=O) groups excluding carboxylic acids is 4. The van der Waals surface area contributed by atoms with Gasteiger partial charge in [-0.15, -0.1) is 11.3 Å². The van der Waals surface area contributed by atoms with Crippen molar-refractivity contribution < 1.29 is 19.2 Å². The minimum Gasteiger partial charge on any atom is -0.356 e. The van der Waals surface area contributed by atoms with Gasteiger partial charge in [-0.2, -0.15) is 0 Å². The highest BCUT2D eigenvalue weighted by Crippen LogP contribution is 2.44. The number of Topliss-reactive ketones (excluding diaryl/α,β-unsaturated/α-hetero) is 1. The predicted octanol–water partition coefficient (Wildman–Crippen LogP) is 4.52. The number of thiophene rings is 1. The molecule has 3 amide bonds. The standard InChI is InChI=1S/C18H12Cl4N2O4S/c1-7(25)23-5-4-8-2-3-10(29-8)9(26)6-24-17(27)11-12(18(24)28)14(20)16(22)15(21)13(11)19/h2-3H,4-6H2,1H3,(H,23,25). The van der Waals surface area contributed by atoms with Gasteiger partial charge < -0.3 is 5.32 Å². The molecule has 0 saturated heterocycles. The van der Waals surface area contributed by atoms with E-state index in [1.165, 1.54) is 18.3 Å². The Kier molecular flexibility index (Phi) is 6.55. The van der Waals surface area contributed by atoms with Crippen LogP contribution in [0.5, 0.6) is 0 Å². The van der Waals surface area contributed by atoms with Crippen molar-refractivity contribution in [1.82, 2.24) is 10.2 Å². The van der Waals surface area contributed by atoms with Crippen LogP contribution in [0.15, 0.2) is 12.1 Å². The van der Waals surface area contributed by atoms with Crippen LogP contribution in [0.2, 0.25) is 20.1 Å². The number of rotatable bonds is 6. The van der Waals surface area contributed by atoms with E-state index in [0.29, 0.717) is 17.8 Å². The van der Waals surface area contributed by atoms with Crippen LogP contribution in [0.1, 0.15) is 42.2 Å². The number of benzene rings is 1. The number of carbonyl (C=O) groups is 4. The third-order valence-corrected chi connectivity index (χ3v) is 7.16. The first-order chi connectivity index (χ1) is 13.6. The van der Waals surface area contributed by atoms with E-state index in [2.05, 4.69) is 5.32 Å². The lowest BCUT2D eigenvalue weighted by Crippen LogP contribution is -2.34. The number of halogens is 4. The molecule has 0 bridgehead atoms. The summed E-state index contributed by atoms with van der Waals surface area (Å²) in [7, 11) is 0. The van der Waals surface area contributed by atoms with Gasteiger partial charge >= 0.3 is 0 Å². The van der Waals surface area contributed by atoms with Crippen molar-refractivity contribution in [2.75, 3.05) is 13.1 Å². The van der Waals surface area contributed by atoms with Gasteiger partial charge in [0.05, 0.1) is 42.6 Å². The molecule has 29 heavy (non-hydrogen) atoms. The Morgan fingerprint density at radius 3 is 2.03 bits per heavy atom. The maximum atomic E-state index is 12.7. The van der Waals surface area contributed by atoms with Gasteiger partial charge in [-0.3, -0.25) is 24.1 Å². The van der Waals surface area contributed by atoms with Crippen molar-refractivity contribution in [3.8, 4) is 0 Å². The van der Waals surface area contributed by atoms with Crippen LogP contribution < -0.4 is 5.32 Å². The minimum atomic E-state index is -0.758. The molecule has 0 aliphatic carbocycles. The third kappa shape index (κ3) is 4.15. The Morgan fingerprint density at radius 1 is 0.966 bits per heavy atom. The number of ketones is 1. The van der Waals surface area contributed by atoms with Crippen LogP contribution in [-0.4, -0.2) is 41.5 Å². The maximum Gasteiger partial charge on any atom is 0.263 e. The van der Waals surface area contributed by atoms with E-state index in [1.54, 1.807) is 12.1 Å². The number of fused-ring (bicyclic) bond motifs is 1. The molecule has 0 fully saturated rings. The molecule has 6 nitrogen and oxygen atoms in total. The largest absolute Gasteiger partial charge is 0.356 e. The second kappa shape index (κ2) is 8.62. The molecular weight excluding hydrogens is 482 g/mol. The van der Waals surface area contributed by atoms with Gasteiger partial charge in [0.15, 0.2) is 5.78 Å². The second-order valence-electron chi connectivity index (χ2n) is 6.12. The van der Waals surface area contributed by atoms with Crippen molar-refractivity contribution in [3.63, 3.8) is 0 Å². The van der Waals surface area contributed by atoms with Crippen LogP contribution >= 0.6 is 57.7 Å². The second-order valence-corrected chi connectivity index (χ2v) is 8.80. The lowest BCUT2D eigenvalue weighted by Gasteiger charge is -2.12. The number of amides is 3. The molecule has 0 saturated carbocycles. The highest BCUT2D eigenvalue weighted by Gasteiger charge is 2.42. The summed E-state index contributed by atoms with van der Waals surface area (Å²) in [6.07, 6.45) is 0.562. The SMILES string of the molecule is CC(=O)NCCc1ccc(C(=O)CN2C(=O)c3c(Cl)c(Cl)c(Cl)c(Cl)c3C2=O)s1. The minimum absolute atomic E-state index is 0.131. The van der Waals surface area contributed by atoms with Crippen LogP contribution in [0.3, 0.4) is 0 Å². The Hall–Kier alpha value is -1.64. The van der Waals surface area contributed by atoms with Gasteiger partial charge in [-0.25, -0.2) is 0 Å². The maximum absolute atomic E-state index is 12.7. The molecule has 2 heterocycles. The van der Waals surface area contributed by atoms with Gasteiger partial charge in [0.25, 0.3) is 11.8 Å². The van der Waals surface area contributed by atoms with Gasteiger partial charge in [-0.05, 0) is 18.6 Å². The number of nitrogens with one attached hydrogen (secondary N) is 1. The molecule has 1 aromatic carbocycles. The van der Waals surface area contributed by atoms with Crippen molar-refractivity contribution in [2.45, 2.75) is 13.3 Å². The fourth-order valence-electron chi connectivity index (χ4n) is 2.78. The lowest BCUT2D eigenvalue weighted by atomic mass is 10.1. The van der Waals surface area contributed by atoms with Gasteiger partial charge in [0.1, 0.15) is 0 Å². The zero-order valence-electron chi connectivity index (χ0n) is 14.8. The number of nitrogens with zero attached hydrogens (tertiary/aromatic N) is 1. The Bertz CT molecular complexity index is 1020. The first-order valence-electron chi connectivity index (χ1n) is 8.22. The summed E-state index contributed by atoms with van der Waals surface area (Å²) >= 11 is 25.3. The number of hydrogen-bond donors (Lipinski definition) is 1. The summed E-state index contributed by atoms with van der Waals surface area (Å²) in [6, 6.07) is 3.37. The van der Waals surface area contributed by atoms with Gasteiger partial charge in [0.2, 0.25) is 5.91 Å². The fourth-order valence-corrected chi connectivity index (χ4v) is 4.74. The van der Waals surface area contributed by atoms with E-state index in [-0.39, 0.29) is 37.1 Å². The summed E-state index contributed by atoms with van der Waals surface area (Å²) < 4.78 is 0. The van der Waals surface area contributed by atoms with E-state index in [0.717, 1.165) is 9.78 Å². The molecule has 3 rings (SSSR count). The highest BCUT2D eigenvalue weighted by atomic mass is 35.5. The monoisotopic (exact) mass is 492 g/mol. The summed E-state index contributed by atoms with van der Waals surface area (Å²) in [6.45, 7) is 1.39. The van der Waals surface area contributed by atoms with Crippen molar-refractivity contribution >= 4 is 81.2 Å². The first kappa shape index (κ1) is 22.1. The first-order valence-corrected chi connectivity index (χ1v) is 10.5. The normalized spacial score (nSPS) is 13.1. The van der Waals surface area contributed by atoms with E-state index in [4.69, 9.17) is 46.4 Å². The third-order valence-electron chi connectivity index (χ3n) is 4.17. The zero-order valence-corrected chi connectivity index (χ0v) is 18.6. The zero-order chi connectivity index (χ0) is 21.5. The smallest absolute Gasteiger partial charge is 0.263 e. The summed E-state index contributed by atoms with van der Waals surface area (Å²) in [5.41, 5.74) is -0.322. The summed E-state index contributed by atoms with van der Waals surface area (Å²) in [5, 5.41) is 2.05. The molecule has 1 N–H and O–H groups in total. The highest BCUT2D eigenvalue weighted by molar-refractivity contribution is 7.14. The fraction of sp³-hybridized carbons (Fsp3) is 0.222. The molecule has 1 aliphatic rings. The van der Waals surface area contributed by atoms with Crippen molar-refractivity contribution in [1.29, 1.82) is 0 Å².